The molecule has 8 fully saturated rings. The lowest BCUT2D eigenvalue weighted by atomic mass is 9.43. The first-order valence-electron chi connectivity index (χ1n) is 25.0. The fourth-order valence-electron chi connectivity index (χ4n) is 12.2. The third-order valence-corrected chi connectivity index (χ3v) is 17.4. The number of aliphatic carboxylic acids is 1. The molecule has 8 aliphatic rings. The summed E-state index contributed by atoms with van der Waals surface area (Å²) in [6, 6.07) is 9.08. The number of Topliss-reactive ketones (excluding diaryl/α,β-unsaturated/α-hetero) is 1. The van der Waals surface area contributed by atoms with Crippen molar-refractivity contribution in [3.63, 3.8) is 0 Å². The van der Waals surface area contributed by atoms with Gasteiger partial charge in [-0.05, 0) is 135 Å². The molecule has 0 radical (unpaired) electrons. The van der Waals surface area contributed by atoms with Gasteiger partial charge in [0.05, 0.1) is 56.9 Å². The summed E-state index contributed by atoms with van der Waals surface area (Å²) in [4.78, 5) is 55.8. The fourth-order valence-corrected chi connectivity index (χ4v) is 13.0. The van der Waals surface area contributed by atoms with Crippen molar-refractivity contribution in [2.75, 3.05) is 13.1 Å². The molecule has 4 bridgehead atoms. The van der Waals surface area contributed by atoms with E-state index in [0.717, 1.165) is 25.7 Å². The number of carbonyl (C=O) groups excluding carboxylic acids is 3. The minimum atomic E-state index is -4.28. The number of carbonyl (C=O) groups is 5. The third-order valence-electron chi connectivity index (χ3n) is 16.3. The average molecular weight is 1120 g/mol. The minimum absolute atomic E-state index is 0.0422. The van der Waals surface area contributed by atoms with Crippen LogP contribution in [-0.2, 0) is 28.2 Å². The highest BCUT2D eigenvalue weighted by Crippen LogP contribution is 2.67. The van der Waals surface area contributed by atoms with Crippen molar-refractivity contribution in [3.05, 3.63) is 67.6 Å². The fraction of sp³-hybridized carbons (Fsp3) is 0.667. The molecular formula is C51H70B2Cl4F3N3O11. The van der Waals surface area contributed by atoms with Crippen LogP contribution in [0.3, 0.4) is 0 Å². The van der Waals surface area contributed by atoms with Crippen molar-refractivity contribution in [3.8, 4) is 0 Å². The molecule has 6 saturated carbocycles. The second-order valence-electron chi connectivity index (χ2n) is 22.9. The number of nitrogens with two attached hydrogens (primary N) is 1. The van der Waals surface area contributed by atoms with E-state index in [9.17, 15) is 32.3 Å². The molecule has 2 saturated heterocycles. The molecule has 3 amide bonds. The molecule has 6 aliphatic carbocycles. The van der Waals surface area contributed by atoms with E-state index in [2.05, 4.69) is 64.8 Å². The quantitative estimate of drug-likeness (QED) is 0.112. The van der Waals surface area contributed by atoms with Gasteiger partial charge < -0.3 is 45.2 Å². The molecule has 2 unspecified atom stereocenters. The van der Waals surface area contributed by atoms with Crippen LogP contribution in [0.15, 0.2) is 36.4 Å². The molecule has 2 heterocycles. The standard InChI is InChI=1S/C25H34BCl2NO4.C16H26BF3O2.C9H7Cl2NO3.CH3NO2/c1-14(2)8-16(11-18(30)13-29-23(31)19-12-17(27)6-7-20(19)28)26-32-22-10-15-9-21(24(15,3)4)25(22,5)33-26;1-9(2)6-12(16(18,19)20)17-21-13-8-10-7-11(14(10,3)4)15(13,5)22-17;10-5-1-2-7(11)6(3-5)9(15)12-4-8(13)14;2-1(3)4/h6-7,12,14-16,21-22H,8-11,13H2,1-5H3,(H,29,31);9-13H,6-8H2,1-5H3;1-3H,4H2,(H,12,15)(H,13,14);2H2,(H,3,4)/t15?,16-,21+,22+,25-;10?,11-,12+,13-,15+;;/m10../s1. The summed E-state index contributed by atoms with van der Waals surface area (Å²) in [6.07, 6.45) is -0.444. The van der Waals surface area contributed by atoms with E-state index in [1.165, 1.54) is 30.7 Å². The average Bonchev–Trinajstić information content (AvgIpc) is 3.84. The van der Waals surface area contributed by atoms with Gasteiger partial charge in [0.1, 0.15) is 6.54 Å². The van der Waals surface area contributed by atoms with E-state index < -0.39 is 55.1 Å². The van der Waals surface area contributed by atoms with Crippen LogP contribution in [0.1, 0.15) is 135 Å². The zero-order valence-corrected chi connectivity index (χ0v) is 46.6. The summed E-state index contributed by atoms with van der Waals surface area (Å²) in [5.41, 5.74) is 4.01. The molecular weight excluding hydrogens is 1050 g/mol. The van der Waals surface area contributed by atoms with Crippen LogP contribution in [0.2, 0.25) is 31.7 Å². The lowest BCUT2D eigenvalue weighted by Crippen LogP contribution is -2.65. The smallest absolute Gasteiger partial charge is 0.470 e. The van der Waals surface area contributed by atoms with Gasteiger partial charge in [-0.15, -0.1) is 0 Å². The third kappa shape index (κ3) is 14.2. The highest BCUT2D eigenvalue weighted by Gasteiger charge is 2.71. The van der Waals surface area contributed by atoms with E-state index in [-0.39, 0.29) is 82.4 Å². The van der Waals surface area contributed by atoms with Gasteiger partial charge in [-0.25, -0.2) is 4.79 Å². The van der Waals surface area contributed by atoms with Gasteiger partial charge >= 0.3 is 32.5 Å². The number of ketones is 1. The van der Waals surface area contributed by atoms with Crippen LogP contribution in [0, 0.1) is 46.3 Å². The summed E-state index contributed by atoms with van der Waals surface area (Å²) in [5, 5.41) is 21.7. The van der Waals surface area contributed by atoms with E-state index in [4.69, 9.17) is 80.0 Å². The topological polar surface area (TPSA) is 213 Å². The number of primary amides is 1. The van der Waals surface area contributed by atoms with Gasteiger partial charge in [-0.1, -0.05) is 102 Å². The Hall–Kier alpha value is -3.29. The lowest BCUT2D eigenvalue weighted by molar-refractivity contribution is -0.200. The number of halogens is 7. The van der Waals surface area contributed by atoms with Crippen LogP contribution in [0.4, 0.5) is 18.0 Å². The summed E-state index contributed by atoms with van der Waals surface area (Å²) in [6.45, 7) is 20.6. The highest BCUT2D eigenvalue weighted by molar-refractivity contribution is 6.48. The monoisotopic (exact) mass is 1120 g/mol. The Morgan fingerprint density at radius 1 is 0.689 bits per heavy atom. The predicted octanol–water partition coefficient (Wildman–Crippen LogP) is 12.0. The first-order chi connectivity index (χ1) is 34.1. The first-order valence-corrected chi connectivity index (χ1v) is 26.5. The van der Waals surface area contributed by atoms with Crippen molar-refractivity contribution < 1.29 is 66.0 Å². The molecule has 23 heteroatoms. The van der Waals surface area contributed by atoms with Crippen molar-refractivity contribution >= 4 is 90.3 Å². The zero-order valence-electron chi connectivity index (χ0n) is 43.5. The Labute approximate surface area is 452 Å². The molecule has 2 aromatic rings. The molecule has 2 aromatic carbocycles. The van der Waals surface area contributed by atoms with E-state index in [1.807, 2.05) is 20.8 Å². The van der Waals surface area contributed by atoms with Crippen molar-refractivity contribution in [1.29, 1.82) is 0 Å². The van der Waals surface area contributed by atoms with Gasteiger partial charge in [0.15, 0.2) is 5.78 Å². The first kappa shape index (κ1) is 61.6. The number of benzene rings is 2. The van der Waals surface area contributed by atoms with Crippen molar-refractivity contribution in [2.24, 2.45) is 52.1 Å². The predicted molar refractivity (Wildman–Crippen MR) is 280 cm³/mol. The maximum Gasteiger partial charge on any atom is 0.470 e. The number of nitrogens with one attached hydrogen (secondary N) is 2. The number of carboxylic acid groups (broad SMARTS) is 2. The molecule has 0 aromatic heterocycles. The largest absolute Gasteiger partial charge is 0.480 e. The van der Waals surface area contributed by atoms with E-state index in [1.54, 1.807) is 12.1 Å². The molecule has 10 rings (SSSR count). The molecule has 2 aliphatic heterocycles. The van der Waals surface area contributed by atoms with Gasteiger partial charge in [0.25, 0.3) is 11.8 Å². The van der Waals surface area contributed by atoms with Crippen LogP contribution in [0.25, 0.3) is 0 Å². The number of hydrogen-bond acceptors (Lipinski definition) is 9. The number of rotatable bonds is 14. The normalized spacial score (nSPS) is 28.2. The summed E-state index contributed by atoms with van der Waals surface area (Å²) in [5.74, 6) is -1.37. The molecule has 10 atom stereocenters. The van der Waals surface area contributed by atoms with E-state index in [0.29, 0.717) is 51.1 Å². The molecule has 74 heavy (non-hydrogen) atoms. The number of carboxylic acids is 1. The number of hydrogen-bond donors (Lipinski definition) is 5. The van der Waals surface area contributed by atoms with Gasteiger partial charge in [-0.2, -0.15) is 13.2 Å². The Bertz CT molecular complexity index is 2380. The van der Waals surface area contributed by atoms with Crippen LogP contribution in [-0.4, -0.2) is 96.8 Å². The SMILES string of the molecule is CC(C)C[C@@H](B1O[C@H]2CC3C[C@@H](C3(C)C)[C@@]2(C)O1)C(F)(F)F.CC(C)C[C@H](CC(=O)CNC(=O)c1cc(Cl)ccc1Cl)B1O[C@H]2CC3C[C@@H](C3(C)C)[C@@]2(C)O1.NC(=O)O.O=C(O)CNC(=O)c1cc(Cl)ccc1Cl. The Morgan fingerprint density at radius 2 is 1.09 bits per heavy atom. The lowest BCUT2D eigenvalue weighted by Gasteiger charge is -2.64. The Kier molecular flexibility index (Phi) is 20.1. The number of amides is 3. The maximum atomic E-state index is 13.4. The van der Waals surface area contributed by atoms with Gasteiger partial charge in [0, 0.05) is 22.3 Å². The minimum Gasteiger partial charge on any atom is -0.480 e. The molecule has 410 valence electrons. The highest BCUT2D eigenvalue weighted by atomic mass is 35.5. The summed E-state index contributed by atoms with van der Waals surface area (Å²) >= 11 is 23.5. The van der Waals surface area contributed by atoms with Crippen LogP contribution < -0.4 is 16.4 Å². The van der Waals surface area contributed by atoms with Gasteiger partial charge in [-0.3, -0.25) is 19.2 Å². The van der Waals surface area contributed by atoms with Crippen molar-refractivity contribution in [1.82, 2.24) is 10.6 Å². The number of alkyl halides is 3. The van der Waals surface area contributed by atoms with E-state index >= 15 is 0 Å². The zero-order chi connectivity index (χ0) is 55.6. The van der Waals surface area contributed by atoms with Crippen molar-refractivity contribution in [2.45, 2.75) is 155 Å². The van der Waals surface area contributed by atoms with Crippen LogP contribution in [0.5, 0.6) is 0 Å². The molecule has 0 spiro atoms. The van der Waals surface area contributed by atoms with Gasteiger partial charge in [0.2, 0.25) is 0 Å². The molecule has 6 N–H and O–H groups in total. The second kappa shape index (κ2) is 24.2. The summed E-state index contributed by atoms with van der Waals surface area (Å²) in [7, 11) is -1.54. The Morgan fingerprint density at radius 3 is 1.49 bits per heavy atom. The van der Waals surface area contributed by atoms with Crippen LogP contribution >= 0.6 is 46.4 Å². The Balaban J connectivity index is 0.000000213. The second-order valence-corrected chi connectivity index (χ2v) is 24.6. The maximum absolute atomic E-state index is 13.4. The molecule has 14 nitrogen and oxygen atoms in total. The summed E-state index contributed by atoms with van der Waals surface area (Å²) < 4.78 is 65.2.